The number of benzene rings is 2. The number of esters is 1. The number of halogens is 1. The third-order valence-corrected chi connectivity index (χ3v) is 6.24. The van der Waals surface area contributed by atoms with Gasteiger partial charge in [0, 0.05) is 6.07 Å². The highest BCUT2D eigenvalue weighted by Gasteiger charge is 2.26. The number of sulfonamides is 1. The molecule has 0 aliphatic carbocycles. The van der Waals surface area contributed by atoms with Crippen molar-refractivity contribution < 1.29 is 27.3 Å². The lowest BCUT2D eigenvalue weighted by Crippen LogP contribution is -2.31. The average molecular weight is 476 g/mol. The maximum Gasteiger partial charge on any atom is 0.340 e. The van der Waals surface area contributed by atoms with Crippen LogP contribution in [0.3, 0.4) is 0 Å². The van der Waals surface area contributed by atoms with E-state index >= 15 is 0 Å². The molecule has 1 amide bonds. The number of anilines is 2. The molecule has 0 aliphatic heterocycles. The van der Waals surface area contributed by atoms with Crippen molar-refractivity contribution in [2.24, 2.45) is 0 Å². The Morgan fingerprint density at radius 1 is 1.19 bits per heavy atom. The van der Waals surface area contributed by atoms with E-state index in [-0.39, 0.29) is 27.8 Å². The van der Waals surface area contributed by atoms with Gasteiger partial charge in [-0.1, -0.05) is 41.0 Å². The zero-order valence-electron chi connectivity index (χ0n) is 16.6. The summed E-state index contributed by atoms with van der Waals surface area (Å²) in [5.41, 5.74) is 0.226. The van der Waals surface area contributed by atoms with E-state index in [0.29, 0.717) is 5.69 Å². The highest BCUT2D eigenvalue weighted by atomic mass is 35.5. The van der Waals surface area contributed by atoms with Crippen LogP contribution in [-0.2, 0) is 19.6 Å². The minimum absolute atomic E-state index is 0.0109. The molecule has 0 saturated carbocycles. The number of carbonyl (C=O) groups is 2. The second-order valence-electron chi connectivity index (χ2n) is 6.31. The van der Waals surface area contributed by atoms with Gasteiger partial charge in [-0.15, -0.1) is 6.58 Å². The van der Waals surface area contributed by atoms with Crippen LogP contribution >= 0.6 is 11.6 Å². The minimum atomic E-state index is -4.06. The van der Waals surface area contributed by atoms with Gasteiger partial charge in [-0.2, -0.15) is 0 Å². The summed E-state index contributed by atoms with van der Waals surface area (Å²) < 4.78 is 37.2. The van der Waals surface area contributed by atoms with Crippen LogP contribution < -0.4 is 9.62 Å². The molecule has 0 saturated heterocycles. The molecular formula is C21H18ClN3O6S. The Balaban J connectivity index is 1.81. The maximum atomic E-state index is 13.3. The van der Waals surface area contributed by atoms with Crippen molar-refractivity contribution in [1.29, 1.82) is 0 Å². The highest BCUT2D eigenvalue weighted by Crippen LogP contribution is 2.27. The Labute approximate surface area is 189 Å². The Kier molecular flexibility index (Phi) is 7.29. The monoisotopic (exact) mass is 475 g/mol. The van der Waals surface area contributed by atoms with Gasteiger partial charge in [-0.05, 0) is 30.3 Å². The Hall–Kier alpha value is -3.63. The number of nitrogens with zero attached hydrogens (tertiary/aromatic N) is 2. The molecule has 3 rings (SSSR count). The molecule has 0 fully saturated rings. The van der Waals surface area contributed by atoms with Crippen LogP contribution in [0, 0.1) is 0 Å². The zero-order valence-corrected chi connectivity index (χ0v) is 18.2. The molecule has 0 radical (unpaired) electrons. The van der Waals surface area contributed by atoms with Crippen LogP contribution in [-0.4, -0.2) is 38.6 Å². The van der Waals surface area contributed by atoms with Crippen molar-refractivity contribution in [3.8, 4) is 0 Å². The van der Waals surface area contributed by atoms with Gasteiger partial charge < -0.3 is 14.6 Å². The molecule has 3 aromatic rings. The second-order valence-corrected chi connectivity index (χ2v) is 8.58. The topological polar surface area (TPSA) is 119 Å². The van der Waals surface area contributed by atoms with Gasteiger partial charge in [0.2, 0.25) is 0 Å². The van der Waals surface area contributed by atoms with E-state index < -0.39 is 28.5 Å². The highest BCUT2D eigenvalue weighted by molar-refractivity contribution is 7.92. The van der Waals surface area contributed by atoms with Gasteiger partial charge in [-0.25, -0.2) is 13.2 Å². The Morgan fingerprint density at radius 3 is 2.59 bits per heavy atom. The lowest BCUT2D eigenvalue weighted by Gasteiger charge is -2.23. The van der Waals surface area contributed by atoms with Crippen molar-refractivity contribution >= 4 is 45.0 Å². The largest absolute Gasteiger partial charge is 0.452 e. The summed E-state index contributed by atoms with van der Waals surface area (Å²) in [5, 5.41) is 5.84. The van der Waals surface area contributed by atoms with Crippen molar-refractivity contribution in [3.05, 3.63) is 84.1 Å². The first-order chi connectivity index (χ1) is 15.3. The fourth-order valence-electron chi connectivity index (χ4n) is 2.67. The van der Waals surface area contributed by atoms with Crippen LogP contribution in [0.1, 0.15) is 10.4 Å². The fraction of sp³-hybridized carbons (Fsp3) is 0.0952. The lowest BCUT2D eigenvalue weighted by atomic mass is 10.2. The standard InChI is InChI=1S/C21H18ClN3O6S/c1-2-11-25(15-6-4-3-5-7-15)32(28,29)16-8-9-18(22)17(13-16)21(27)30-14-20(26)23-19-10-12-31-24-19/h2-10,12-13H,1,11,14H2,(H,23,24,26). The second kappa shape index (κ2) is 10.1. The molecule has 9 nitrogen and oxygen atoms in total. The van der Waals surface area contributed by atoms with Crippen molar-refractivity contribution in [2.45, 2.75) is 4.90 Å². The van der Waals surface area contributed by atoms with Gasteiger partial charge in [-0.3, -0.25) is 9.10 Å². The van der Waals surface area contributed by atoms with E-state index in [0.717, 1.165) is 10.4 Å². The number of para-hydroxylation sites is 1. The molecule has 0 bridgehead atoms. The van der Waals surface area contributed by atoms with Crippen molar-refractivity contribution in [3.63, 3.8) is 0 Å². The predicted molar refractivity (Wildman–Crippen MR) is 118 cm³/mol. The molecule has 0 spiro atoms. The van der Waals surface area contributed by atoms with Gasteiger partial charge in [0.15, 0.2) is 12.4 Å². The predicted octanol–water partition coefficient (Wildman–Crippen LogP) is 3.50. The SMILES string of the molecule is C=CCN(c1ccccc1)S(=O)(=O)c1ccc(Cl)c(C(=O)OCC(=O)Nc2ccon2)c1. The third kappa shape index (κ3) is 5.34. The van der Waals surface area contributed by atoms with E-state index in [4.69, 9.17) is 16.3 Å². The number of amides is 1. The number of rotatable bonds is 9. The van der Waals surface area contributed by atoms with Crippen LogP contribution in [0.2, 0.25) is 5.02 Å². The van der Waals surface area contributed by atoms with Gasteiger partial charge in [0.1, 0.15) is 6.26 Å². The summed E-state index contributed by atoms with van der Waals surface area (Å²) in [6.45, 7) is 2.99. The summed E-state index contributed by atoms with van der Waals surface area (Å²) in [6.07, 6.45) is 2.71. The van der Waals surface area contributed by atoms with Crippen LogP contribution in [0.5, 0.6) is 0 Å². The summed E-state index contributed by atoms with van der Waals surface area (Å²) in [4.78, 5) is 24.2. The normalized spacial score (nSPS) is 10.9. The maximum absolute atomic E-state index is 13.3. The number of ether oxygens (including phenoxy) is 1. The van der Waals surface area contributed by atoms with E-state index in [1.54, 1.807) is 30.3 Å². The van der Waals surface area contributed by atoms with Gasteiger partial charge in [0.25, 0.3) is 15.9 Å². The molecule has 1 aromatic heterocycles. The van der Waals surface area contributed by atoms with E-state index in [1.165, 1.54) is 30.5 Å². The molecule has 0 aliphatic rings. The zero-order chi connectivity index (χ0) is 23.1. The Bertz CT molecular complexity index is 1210. The smallest absolute Gasteiger partial charge is 0.340 e. The summed E-state index contributed by atoms with van der Waals surface area (Å²) in [5.74, 6) is -1.47. The van der Waals surface area contributed by atoms with E-state index in [2.05, 4.69) is 21.6 Å². The van der Waals surface area contributed by atoms with Crippen LogP contribution in [0.4, 0.5) is 11.5 Å². The summed E-state index contributed by atoms with van der Waals surface area (Å²) in [7, 11) is -4.06. The average Bonchev–Trinajstić information content (AvgIpc) is 3.29. The number of hydrogen-bond donors (Lipinski definition) is 1. The number of nitrogens with one attached hydrogen (secondary N) is 1. The van der Waals surface area contributed by atoms with Crippen molar-refractivity contribution in [1.82, 2.24) is 5.16 Å². The summed E-state index contributed by atoms with van der Waals surface area (Å²) in [6, 6.07) is 13.5. The molecule has 166 valence electrons. The number of carbonyl (C=O) groups excluding carboxylic acids is 2. The fourth-order valence-corrected chi connectivity index (χ4v) is 4.32. The van der Waals surface area contributed by atoms with Crippen molar-refractivity contribution in [2.75, 3.05) is 22.8 Å². The number of hydrogen-bond acceptors (Lipinski definition) is 7. The van der Waals surface area contributed by atoms with Gasteiger partial charge >= 0.3 is 5.97 Å². The molecule has 0 unspecified atom stereocenters. The molecule has 1 N–H and O–H groups in total. The summed E-state index contributed by atoms with van der Waals surface area (Å²) >= 11 is 6.08. The first-order valence-electron chi connectivity index (χ1n) is 9.18. The van der Waals surface area contributed by atoms with Crippen LogP contribution in [0.15, 0.2) is 82.9 Å². The minimum Gasteiger partial charge on any atom is -0.452 e. The van der Waals surface area contributed by atoms with E-state index in [9.17, 15) is 18.0 Å². The van der Waals surface area contributed by atoms with Crippen LogP contribution in [0.25, 0.3) is 0 Å². The lowest BCUT2D eigenvalue weighted by molar-refractivity contribution is -0.119. The molecule has 0 atom stereocenters. The quantitative estimate of drug-likeness (QED) is 0.371. The molecule has 11 heteroatoms. The van der Waals surface area contributed by atoms with E-state index in [1.807, 2.05) is 0 Å². The molecule has 2 aromatic carbocycles. The molecular weight excluding hydrogens is 458 g/mol. The molecule has 1 heterocycles. The molecule has 32 heavy (non-hydrogen) atoms. The third-order valence-electron chi connectivity index (χ3n) is 4.12. The first kappa shape index (κ1) is 23.0. The van der Waals surface area contributed by atoms with Gasteiger partial charge in [0.05, 0.1) is 27.7 Å². The Morgan fingerprint density at radius 2 is 1.94 bits per heavy atom. The number of aromatic nitrogens is 1. The first-order valence-corrected chi connectivity index (χ1v) is 11.0.